The fraction of sp³-hybridized carbons (Fsp3) is 0. The molecule has 0 aliphatic rings. The van der Waals surface area contributed by atoms with E-state index in [1.807, 2.05) is 0 Å². The molecule has 0 atom stereocenters. The van der Waals surface area contributed by atoms with Crippen LogP contribution in [0.4, 0.5) is 0 Å². The number of benzene rings is 2. The molecule has 0 saturated carbocycles. The van der Waals surface area contributed by atoms with Gasteiger partial charge in [-0.05, 0) is 24.3 Å². The molecule has 0 bridgehead atoms. The first-order valence-corrected chi connectivity index (χ1v) is 8.96. The number of hydrogen-bond acceptors (Lipinski definition) is 4. The van der Waals surface area contributed by atoms with Crippen molar-refractivity contribution >= 4 is 15.5 Å². The number of rotatable bonds is 6. The van der Waals surface area contributed by atoms with Gasteiger partial charge in [0, 0.05) is 0 Å². The van der Waals surface area contributed by atoms with Gasteiger partial charge < -0.3 is 18.8 Å². The summed E-state index contributed by atoms with van der Waals surface area (Å²) in [5.74, 6) is 0.301. The minimum atomic E-state index is -4.82. The van der Waals surface area contributed by atoms with Crippen LogP contribution in [0.3, 0.4) is 0 Å². The lowest BCUT2D eigenvalue weighted by Crippen LogP contribution is -2.16. The van der Waals surface area contributed by atoms with E-state index in [1.54, 1.807) is 41.3 Å². The van der Waals surface area contributed by atoms with Gasteiger partial charge in [-0.2, -0.15) is 0 Å². The van der Waals surface area contributed by atoms with Gasteiger partial charge in [0.15, 0.2) is 0 Å². The zero-order valence-electron chi connectivity index (χ0n) is 10.7. The summed E-state index contributed by atoms with van der Waals surface area (Å²) >= 11 is 0. The van der Waals surface area contributed by atoms with E-state index in [-0.39, 0.29) is 11.5 Å². The Hall–Kier alpha value is -1.62. The molecule has 7 nitrogen and oxygen atoms in total. The van der Waals surface area contributed by atoms with Crippen molar-refractivity contribution in [3.8, 4) is 11.5 Å². The van der Waals surface area contributed by atoms with Crippen molar-refractivity contribution in [2.75, 3.05) is 0 Å². The monoisotopic (exact) mass is 329 g/mol. The predicted molar refractivity (Wildman–Crippen MR) is 76.9 cm³/mol. The highest BCUT2D eigenvalue weighted by atomic mass is 31.3. The van der Waals surface area contributed by atoms with E-state index in [9.17, 15) is 9.13 Å². The Labute approximate surface area is 121 Å². The van der Waals surface area contributed by atoms with E-state index in [2.05, 4.69) is 0 Å². The average molecular weight is 329 g/mol. The van der Waals surface area contributed by atoms with Crippen LogP contribution in [0, 0.1) is 0 Å². The lowest BCUT2D eigenvalue weighted by Gasteiger charge is -2.20. The number of hydrogen-bond donors (Lipinski definition) is 3. The average Bonchev–Trinajstić information content (AvgIpc) is 2.38. The van der Waals surface area contributed by atoms with Gasteiger partial charge in [-0.15, -0.1) is 4.86 Å². The fourth-order valence-corrected chi connectivity index (χ4v) is 3.90. The summed E-state index contributed by atoms with van der Waals surface area (Å²) < 4.78 is 33.8. The van der Waals surface area contributed by atoms with Crippen LogP contribution >= 0.6 is 15.5 Å². The van der Waals surface area contributed by atoms with E-state index < -0.39 is 15.5 Å². The van der Waals surface area contributed by atoms with E-state index in [0.717, 1.165) is 0 Å². The van der Waals surface area contributed by atoms with Gasteiger partial charge in [0.1, 0.15) is 11.5 Å². The summed E-state index contributed by atoms with van der Waals surface area (Å²) in [6, 6.07) is 15.9. The lowest BCUT2D eigenvalue weighted by atomic mass is 10.3. The van der Waals surface area contributed by atoms with Crippen LogP contribution in [-0.2, 0) is 9.13 Å². The number of para-hydroxylation sites is 2. The lowest BCUT2D eigenvalue weighted by molar-refractivity contribution is 0.345. The summed E-state index contributed by atoms with van der Waals surface area (Å²) in [6.45, 7) is 0. The van der Waals surface area contributed by atoms with Crippen molar-refractivity contribution in [1.29, 1.82) is 0 Å². The summed E-state index contributed by atoms with van der Waals surface area (Å²) in [5.41, 5.74) is 0. The molecule has 0 aliphatic heterocycles. The first kappa shape index (κ1) is 15.8. The molecule has 0 spiro atoms. The number of nitrogens with one attached hydrogen (secondary N) is 1. The summed E-state index contributed by atoms with van der Waals surface area (Å²) in [6.07, 6.45) is 0. The Kier molecular flexibility index (Phi) is 4.83. The van der Waals surface area contributed by atoms with Gasteiger partial charge in [-0.1, -0.05) is 36.4 Å². The molecule has 9 heteroatoms. The van der Waals surface area contributed by atoms with Crippen LogP contribution in [0.15, 0.2) is 60.7 Å². The van der Waals surface area contributed by atoms with E-state index in [4.69, 9.17) is 18.8 Å². The first-order chi connectivity index (χ1) is 9.86. The first-order valence-electron chi connectivity index (χ1n) is 5.81. The molecule has 0 heterocycles. The zero-order valence-corrected chi connectivity index (χ0v) is 12.5. The Morgan fingerprint density at radius 2 is 1.14 bits per heavy atom. The molecule has 0 fully saturated rings. The van der Waals surface area contributed by atoms with Crippen molar-refractivity contribution in [3.05, 3.63) is 60.7 Å². The Bertz CT molecular complexity index is 627. The Morgan fingerprint density at radius 3 is 1.48 bits per heavy atom. The van der Waals surface area contributed by atoms with Gasteiger partial charge in [-0.25, -0.2) is 9.13 Å². The van der Waals surface area contributed by atoms with Crippen molar-refractivity contribution in [2.24, 2.45) is 0 Å². The third-order valence-corrected chi connectivity index (χ3v) is 5.11. The van der Waals surface area contributed by atoms with E-state index in [1.165, 1.54) is 24.3 Å². The summed E-state index contributed by atoms with van der Waals surface area (Å²) in [7, 11) is -9.12. The molecule has 0 unspecified atom stereocenters. The third kappa shape index (κ3) is 5.34. The van der Waals surface area contributed by atoms with Crippen molar-refractivity contribution in [2.45, 2.75) is 0 Å². The highest BCUT2D eigenvalue weighted by Gasteiger charge is 2.36. The largest absolute Gasteiger partial charge is 0.522 e. The molecule has 0 radical (unpaired) electrons. The third-order valence-electron chi connectivity index (χ3n) is 2.19. The minimum Gasteiger partial charge on any atom is -0.404 e. The van der Waals surface area contributed by atoms with Crippen LogP contribution in [0.1, 0.15) is 0 Å². The molecule has 2 aromatic carbocycles. The Balaban J connectivity index is 2.26. The van der Waals surface area contributed by atoms with Crippen molar-refractivity contribution in [1.82, 2.24) is 4.86 Å². The minimum absolute atomic E-state index is 0.151. The van der Waals surface area contributed by atoms with Crippen LogP contribution in [-0.4, -0.2) is 9.79 Å². The van der Waals surface area contributed by atoms with E-state index >= 15 is 0 Å². The van der Waals surface area contributed by atoms with Gasteiger partial charge in [0.05, 0.1) is 0 Å². The van der Waals surface area contributed by atoms with Crippen molar-refractivity contribution in [3.63, 3.8) is 0 Å². The van der Waals surface area contributed by atoms with Crippen LogP contribution in [0.5, 0.6) is 11.5 Å². The summed E-state index contributed by atoms with van der Waals surface area (Å²) in [5, 5.41) is 0. The normalized spacial score (nSPS) is 11.9. The molecule has 2 rings (SSSR count). The van der Waals surface area contributed by atoms with Gasteiger partial charge >= 0.3 is 15.5 Å². The fourth-order valence-electron chi connectivity index (χ4n) is 1.46. The molecule has 112 valence electrons. The molecule has 2 aromatic rings. The Morgan fingerprint density at radius 1 is 0.762 bits per heavy atom. The zero-order chi connectivity index (χ0) is 15.3. The highest BCUT2D eigenvalue weighted by Crippen LogP contribution is 2.52. The topological polar surface area (TPSA) is 105 Å². The molecule has 0 aliphatic carbocycles. The molecule has 0 saturated heterocycles. The maximum Gasteiger partial charge on any atom is 0.522 e. The molecule has 21 heavy (non-hydrogen) atoms. The second-order valence-electron chi connectivity index (χ2n) is 3.95. The predicted octanol–water partition coefficient (Wildman–Crippen LogP) is 2.93. The maximum absolute atomic E-state index is 12.5. The summed E-state index contributed by atoms with van der Waals surface area (Å²) in [4.78, 5) is 19.6. The molecular weight excluding hydrogens is 316 g/mol. The van der Waals surface area contributed by atoms with Gasteiger partial charge in [0.2, 0.25) is 0 Å². The van der Waals surface area contributed by atoms with E-state index in [0.29, 0.717) is 0 Å². The maximum atomic E-state index is 12.5. The SMILES string of the molecule is O=P(O)(O)NP(=O)(Oc1ccccc1)Oc1ccccc1. The van der Waals surface area contributed by atoms with Crippen LogP contribution < -0.4 is 13.9 Å². The second kappa shape index (κ2) is 6.43. The molecule has 0 amide bonds. The van der Waals surface area contributed by atoms with Crippen LogP contribution in [0.2, 0.25) is 0 Å². The smallest absolute Gasteiger partial charge is 0.404 e. The standard InChI is InChI=1S/C12H13NO6P2/c14-20(15,16)13-21(17,18-11-7-3-1-4-8-11)19-12-9-5-2-6-10-12/h1-10H,(H3,13,14,15,16,17). The van der Waals surface area contributed by atoms with Crippen LogP contribution in [0.25, 0.3) is 0 Å². The van der Waals surface area contributed by atoms with Gasteiger partial charge in [0.25, 0.3) is 0 Å². The van der Waals surface area contributed by atoms with Gasteiger partial charge in [-0.3, -0.25) is 0 Å². The second-order valence-corrected chi connectivity index (χ2v) is 7.20. The highest BCUT2D eigenvalue weighted by molar-refractivity contribution is 7.67. The quantitative estimate of drug-likeness (QED) is 0.700. The molecular formula is C12H13NO6P2. The van der Waals surface area contributed by atoms with Crippen molar-refractivity contribution < 1.29 is 28.0 Å². The molecule has 3 N–H and O–H groups in total. The molecule has 0 aromatic heterocycles.